The van der Waals surface area contributed by atoms with Gasteiger partial charge in [0.2, 0.25) is 0 Å². The normalized spacial score (nSPS) is 11.2. The molecule has 0 unspecified atom stereocenters. The molecular weight excluding hydrogens is 216 g/mol. The fourth-order valence-electron chi connectivity index (χ4n) is 1.71. The molecule has 0 saturated carbocycles. The predicted octanol–water partition coefficient (Wildman–Crippen LogP) is 2.18. The lowest BCUT2D eigenvalue weighted by Gasteiger charge is -1.99. The summed E-state index contributed by atoms with van der Waals surface area (Å²) in [5, 5.41) is 5.36. The van der Waals surface area contributed by atoms with Crippen molar-refractivity contribution in [1.82, 2.24) is 9.78 Å². The molecule has 0 bridgehead atoms. The molecule has 0 aliphatic rings. The van der Waals surface area contributed by atoms with Crippen molar-refractivity contribution in [2.75, 3.05) is 7.11 Å². The third-order valence-electron chi connectivity index (χ3n) is 2.56. The zero-order valence-corrected chi connectivity index (χ0v) is 10.1. The van der Waals surface area contributed by atoms with Gasteiger partial charge in [-0.05, 0) is 31.2 Å². The van der Waals surface area contributed by atoms with Gasteiger partial charge in [0, 0.05) is 18.5 Å². The van der Waals surface area contributed by atoms with Crippen LogP contribution in [0.3, 0.4) is 0 Å². The van der Waals surface area contributed by atoms with Crippen molar-refractivity contribution in [2.24, 2.45) is 7.05 Å². The Balaban J connectivity index is 2.56. The molecule has 0 aliphatic heterocycles. The van der Waals surface area contributed by atoms with Crippen LogP contribution in [0.25, 0.3) is 17.0 Å². The maximum Gasteiger partial charge on any atom is 0.152 e. The summed E-state index contributed by atoms with van der Waals surface area (Å²) in [6.45, 7) is 1.52. The first-order valence-electron chi connectivity index (χ1n) is 5.31. The number of hydrogen-bond acceptors (Lipinski definition) is 3. The lowest BCUT2D eigenvalue weighted by molar-refractivity contribution is -0.112. The molecule has 4 heteroatoms. The molecule has 1 aromatic heterocycles. The van der Waals surface area contributed by atoms with Crippen molar-refractivity contribution < 1.29 is 9.53 Å². The number of nitrogens with zero attached hydrogens (tertiary/aromatic N) is 2. The second-order valence-corrected chi connectivity index (χ2v) is 3.84. The lowest BCUT2D eigenvalue weighted by atomic mass is 10.2. The molecule has 17 heavy (non-hydrogen) atoms. The largest absolute Gasteiger partial charge is 0.497 e. The molecule has 88 valence electrons. The van der Waals surface area contributed by atoms with Gasteiger partial charge in [0.15, 0.2) is 5.78 Å². The van der Waals surface area contributed by atoms with E-state index >= 15 is 0 Å². The zero-order chi connectivity index (χ0) is 12.4. The van der Waals surface area contributed by atoms with Crippen molar-refractivity contribution >= 4 is 22.8 Å². The summed E-state index contributed by atoms with van der Waals surface area (Å²) in [5.74, 6) is 0.805. The number of hydrogen-bond donors (Lipinski definition) is 0. The van der Waals surface area contributed by atoms with Crippen molar-refractivity contribution in [2.45, 2.75) is 6.92 Å². The summed E-state index contributed by atoms with van der Waals surface area (Å²) in [6.07, 6.45) is 3.25. The quantitative estimate of drug-likeness (QED) is 0.759. The first kappa shape index (κ1) is 11.4. The highest BCUT2D eigenvalue weighted by atomic mass is 16.5. The number of benzene rings is 1. The minimum Gasteiger partial charge on any atom is -0.497 e. The number of carbonyl (C=O) groups is 1. The van der Waals surface area contributed by atoms with Crippen LogP contribution in [0, 0.1) is 0 Å². The number of methoxy groups -OCH3 is 1. The average Bonchev–Trinajstić information content (AvgIpc) is 2.63. The molecule has 1 aromatic carbocycles. The fraction of sp³-hybridized carbons (Fsp3) is 0.231. The Morgan fingerprint density at radius 2 is 2.24 bits per heavy atom. The van der Waals surface area contributed by atoms with E-state index in [4.69, 9.17) is 4.74 Å². The van der Waals surface area contributed by atoms with Crippen LogP contribution in [0.15, 0.2) is 24.3 Å². The van der Waals surface area contributed by atoms with Crippen molar-refractivity contribution in [1.29, 1.82) is 0 Å². The van der Waals surface area contributed by atoms with Crippen LogP contribution in [0.4, 0.5) is 0 Å². The van der Waals surface area contributed by atoms with E-state index in [9.17, 15) is 4.79 Å². The standard InChI is InChI=1S/C13H14N2O2/c1-9(16)4-7-12-11-6-5-10(17-3)8-13(11)15(2)14-12/h4-8H,1-3H3. The highest BCUT2D eigenvalue weighted by molar-refractivity contribution is 5.95. The zero-order valence-electron chi connectivity index (χ0n) is 10.1. The second-order valence-electron chi connectivity index (χ2n) is 3.84. The number of ether oxygens (including phenoxy) is 1. The third kappa shape index (κ3) is 2.20. The Hall–Kier alpha value is -2.10. The Labute approximate surface area is 99.5 Å². The number of ketones is 1. The van der Waals surface area contributed by atoms with Crippen LogP contribution >= 0.6 is 0 Å². The van der Waals surface area contributed by atoms with Crippen LogP contribution in [0.1, 0.15) is 12.6 Å². The third-order valence-corrected chi connectivity index (χ3v) is 2.56. The number of aromatic nitrogens is 2. The SMILES string of the molecule is COc1ccc2c(C=CC(C)=O)nn(C)c2c1. The maximum absolute atomic E-state index is 10.9. The Bertz CT molecular complexity index is 597. The van der Waals surface area contributed by atoms with Crippen molar-refractivity contribution in [3.8, 4) is 5.75 Å². The van der Waals surface area contributed by atoms with Gasteiger partial charge in [-0.2, -0.15) is 5.10 Å². The Morgan fingerprint density at radius 3 is 2.88 bits per heavy atom. The molecule has 4 nitrogen and oxygen atoms in total. The molecule has 0 fully saturated rings. The van der Waals surface area contributed by atoms with E-state index in [1.165, 1.54) is 13.0 Å². The Morgan fingerprint density at radius 1 is 1.47 bits per heavy atom. The van der Waals surface area contributed by atoms with Gasteiger partial charge in [0.05, 0.1) is 18.3 Å². The van der Waals surface area contributed by atoms with Gasteiger partial charge >= 0.3 is 0 Å². The van der Waals surface area contributed by atoms with Crippen molar-refractivity contribution in [3.63, 3.8) is 0 Å². The molecule has 0 N–H and O–H groups in total. The summed E-state index contributed by atoms with van der Waals surface area (Å²) in [4.78, 5) is 10.9. The van der Waals surface area contributed by atoms with Gasteiger partial charge in [-0.15, -0.1) is 0 Å². The Kier molecular flexibility index (Phi) is 2.95. The summed E-state index contributed by atoms with van der Waals surface area (Å²) in [7, 11) is 3.50. The maximum atomic E-state index is 10.9. The first-order chi connectivity index (χ1) is 8.11. The van der Waals surface area contributed by atoms with Gasteiger partial charge in [0.1, 0.15) is 5.75 Å². The van der Waals surface area contributed by atoms with Gasteiger partial charge in [-0.25, -0.2) is 0 Å². The number of carbonyl (C=O) groups excluding carboxylic acids is 1. The van der Waals surface area contributed by atoms with Crippen LogP contribution < -0.4 is 4.74 Å². The minimum absolute atomic E-state index is 0.0114. The van der Waals surface area contributed by atoms with Crippen LogP contribution in [0.5, 0.6) is 5.75 Å². The molecule has 0 spiro atoms. The van der Waals surface area contributed by atoms with E-state index in [2.05, 4.69) is 5.10 Å². The molecule has 0 saturated heterocycles. The first-order valence-corrected chi connectivity index (χ1v) is 5.31. The molecule has 2 aromatic rings. The predicted molar refractivity (Wildman–Crippen MR) is 67.0 cm³/mol. The van der Waals surface area contributed by atoms with E-state index in [1.807, 2.05) is 25.2 Å². The van der Waals surface area contributed by atoms with Crippen LogP contribution in [0.2, 0.25) is 0 Å². The monoisotopic (exact) mass is 230 g/mol. The summed E-state index contributed by atoms with van der Waals surface area (Å²) in [5.41, 5.74) is 1.77. The highest BCUT2D eigenvalue weighted by Crippen LogP contribution is 2.23. The molecule has 0 amide bonds. The molecule has 0 aliphatic carbocycles. The number of rotatable bonds is 3. The van der Waals surface area contributed by atoms with Crippen LogP contribution in [-0.2, 0) is 11.8 Å². The van der Waals surface area contributed by atoms with Gasteiger partial charge in [-0.1, -0.05) is 0 Å². The van der Waals surface area contributed by atoms with Gasteiger partial charge in [0.25, 0.3) is 0 Å². The molecular formula is C13H14N2O2. The highest BCUT2D eigenvalue weighted by Gasteiger charge is 2.07. The molecule has 2 rings (SSSR count). The summed E-state index contributed by atoms with van der Waals surface area (Å²) in [6, 6.07) is 5.75. The lowest BCUT2D eigenvalue weighted by Crippen LogP contribution is -1.90. The van der Waals surface area contributed by atoms with Gasteiger partial charge in [-0.3, -0.25) is 9.48 Å². The summed E-state index contributed by atoms with van der Waals surface area (Å²) < 4.78 is 6.95. The number of fused-ring (bicyclic) bond motifs is 1. The molecule has 1 heterocycles. The van der Waals surface area contributed by atoms with Crippen molar-refractivity contribution in [3.05, 3.63) is 30.0 Å². The van der Waals surface area contributed by atoms with Gasteiger partial charge < -0.3 is 4.74 Å². The number of aryl methyl sites for hydroxylation is 1. The van der Waals surface area contributed by atoms with E-state index in [-0.39, 0.29) is 5.78 Å². The van der Waals surface area contributed by atoms with E-state index in [1.54, 1.807) is 17.9 Å². The topological polar surface area (TPSA) is 44.1 Å². The molecule has 0 radical (unpaired) electrons. The fourth-order valence-corrected chi connectivity index (χ4v) is 1.71. The minimum atomic E-state index is 0.0114. The smallest absolute Gasteiger partial charge is 0.152 e. The average molecular weight is 230 g/mol. The number of allylic oxidation sites excluding steroid dienone is 1. The van der Waals surface area contributed by atoms with E-state index < -0.39 is 0 Å². The summed E-state index contributed by atoms with van der Waals surface area (Å²) >= 11 is 0. The van der Waals surface area contributed by atoms with Crippen LogP contribution in [-0.4, -0.2) is 22.7 Å². The second kappa shape index (κ2) is 4.41. The molecule has 0 atom stereocenters. The van der Waals surface area contributed by atoms with E-state index in [0.717, 1.165) is 22.3 Å². The van der Waals surface area contributed by atoms with E-state index in [0.29, 0.717) is 0 Å².